The Kier molecular flexibility index (Phi) is 5.84. The van der Waals surface area contributed by atoms with Crippen molar-refractivity contribution >= 4 is 24.7 Å². The van der Waals surface area contributed by atoms with E-state index in [4.69, 9.17) is 18.1 Å². The first kappa shape index (κ1) is 21.5. The number of carbonyl (C=O) groups is 1. The molecule has 2 aromatic rings. The molecule has 0 spiro atoms. The first-order chi connectivity index (χ1) is 13.8. The van der Waals surface area contributed by atoms with E-state index in [2.05, 4.69) is 0 Å². The van der Waals surface area contributed by atoms with E-state index in [0.29, 0.717) is 11.3 Å². The molecule has 0 saturated carbocycles. The molecular formula is C22H28NO5P. The van der Waals surface area contributed by atoms with Gasteiger partial charge in [-0.05, 0) is 0 Å². The Balaban J connectivity index is 2.30. The van der Waals surface area contributed by atoms with Crippen molar-refractivity contribution in [1.29, 1.82) is 0 Å². The summed E-state index contributed by atoms with van der Waals surface area (Å²) in [7, 11) is 4.24. The number of rotatable bonds is 7. The first-order valence-corrected chi connectivity index (χ1v) is 11.3. The summed E-state index contributed by atoms with van der Waals surface area (Å²) in [5.74, 6) is 0.311. The summed E-state index contributed by atoms with van der Waals surface area (Å²) in [4.78, 5) is 14.9. The van der Waals surface area contributed by atoms with Crippen LogP contribution >= 0.6 is 7.51 Å². The second kappa shape index (κ2) is 7.88. The van der Waals surface area contributed by atoms with Crippen molar-refractivity contribution in [2.75, 3.05) is 40.3 Å². The Labute approximate surface area is 172 Å². The predicted octanol–water partition coefficient (Wildman–Crippen LogP) is 4.98. The Bertz CT molecular complexity index is 909. The Morgan fingerprint density at radius 1 is 0.931 bits per heavy atom. The van der Waals surface area contributed by atoms with Gasteiger partial charge in [0.2, 0.25) is 0 Å². The van der Waals surface area contributed by atoms with Crippen molar-refractivity contribution in [1.82, 2.24) is 0 Å². The molecule has 0 radical (unpaired) electrons. The van der Waals surface area contributed by atoms with Gasteiger partial charge >= 0.3 is 172 Å². The van der Waals surface area contributed by atoms with Gasteiger partial charge in [0.15, 0.2) is 0 Å². The molecule has 0 bridgehead atoms. The third-order valence-electron chi connectivity index (χ3n) is 5.32. The topological polar surface area (TPSA) is 57.2 Å². The van der Waals surface area contributed by atoms with Crippen molar-refractivity contribution in [3.8, 4) is 0 Å². The van der Waals surface area contributed by atoms with Crippen LogP contribution in [0.4, 0.5) is 5.69 Å². The number of nitrogens with zero attached hydrogens (tertiary/aromatic N) is 1. The molecule has 0 saturated heterocycles. The predicted molar refractivity (Wildman–Crippen MR) is 117 cm³/mol. The summed E-state index contributed by atoms with van der Waals surface area (Å²) < 4.78 is 24.2. The molecule has 1 unspecified atom stereocenters. The van der Waals surface area contributed by atoms with Crippen molar-refractivity contribution in [3.63, 3.8) is 0 Å². The van der Waals surface area contributed by atoms with Gasteiger partial charge < -0.3 is 0 Å². The van der Waals surface area contributed by atoms with E-state index in [-0.39, 0.29) is 5.78 Å². The monoisotopic (exact) mass is 417 g/mol. The zero-order chi connectivity index (χ0) is 21.3. The number of carbonyl (C=O) groups excluding carboxylic acids is 1. The van der Waals surface area contributed by atoms with Gasteiger partial charge in [-0.3, -0.25) is 0 Å². The number of hydrogen-bond donors (Lipinski definition) is 0. The maximum atomic E-state index is 12.9. The van der Waals surface area contributed by atoms with Gasteiger partial charge in [-0.2, -0.15) is 0 Å². The van der Waals surface area contributed by atoms with Crippen LogP contribution in [-0.4, -0.2) is 41.2 Å². The third kappa shape index (κ3) is 3.36. The summed E-state index contributed by atoms with van der Waals surface area (Å²) in [6.07, 6.45) is 0. The Hall–Kier alpha value is -2.24. The maximum absolute atomic E-state index is 12.9. The van der Waals surface area contributed by atoms with Crippen LogP contribution in [0.5, 0.6) is 0 Å². The Morgan fingerprint density at radius 3 is 1.93 bits per heavy atom. The second-order valence-corrected chi connectivity index (χ2v) is 10.6. The molecule has 1 aliphatic heterocycles. The molecule has 1 heterocycles. The third-order valence-corrected chi connectivity index (χ3v) is 9.21. The molecule has 0 fully saturated rings. The summed E-state index contributed by atoms with van der Waals surface area (Å²) in [5, 5.41) is 0. The normalized spacial score (nSPS) is 21.2. The standard InChI is InChI=1S/C22H28NO5P/c1-16(24)20-21(17-10-8-7-9-11-17)28-29(25-4,26-5,27-6)22(20)18-12-14-19(15-13-18)23(2)3/h7-15,22H,1-6H3. The fourth-order valence-electron chi connectivity index (χ4n) is 3.77. The van der Waals surface area contributed by atoms with E-state index < -0.39 is 13.2 Å². The molecule has 6 nitrogen and oxygen atoms in total. The SMILES string of the molecule is COP1(OC)(OC)OC(c2ccccc2)=C(C(C)=O)C1c1ccc(N(C)C)cc1. The Morgan fingerprint density at radius 2 is 1.48 bits per heavy atom. The molecule has 0 amide bonds. The quantitative estimate of drug-likeness (QED) is 0.593. The summed E-state index contributed by atoms with van der Waals surface area (Å²) in [6, 6.07) is 17.4. The van der Waals surface area contributed by atoms with Crippen molar-refractivity contribution < 1.29 is 22.9 Å². The van der Waals surface area contributed by atoms with Crippen LogP contribution in [0.3, 0.4) is 0 Å². The van der Waals surface area contributed by atoms with E-state index >= 15 is 0 Å². The molecule has 156 valence electrons. The van der Waals surface area contributed by atoms with Crippen LogP contribution < -0.4 is 4.90 Å². The molecule has 2 aromatic carbocycles. The minimum atomic E-state index is -4.20. The van der Waals surface area contributed by atoms with Gasteiger partial charge in [-0.1, -0.05) is 0 Å². The summed E-state index contributed by atoms with van der Waals surface area (Å²) in [5.41, 5.74) is 2.49. The molecule has 7 heteroatoms. The van der Waals surface area contributed by atoms with Crippen LogP contribution in [0.25, 0.3) is 5.76 Å². The number of benzene rings is 2. The number of allylic oxidation sites excluding steroid dienone is 1. The summed E-state index contributed by atoms with van der Waals surface area (Å²) >= 11 is 0. The van der Waals surface area contributed by atoms with Gasteiger partial charge in [-0.25, -0.2) is 0 Å². The molecule has 3 rings (SSSR count). The number of hydrogen-bond acceptors (Lipinski definition) is 6. The van der Waals surface area contributed by atoms with Crippen LogP contribution in [0, 0.1) is 0 Å². The van der Waals surface area contributed by atoms with E-state index in [1.165, 1.54) is 28.3 Å². The van der Waals surface area contributed by atoms with Crippen LogP contribution in [-0.2, 0) is 22.9 Å². The second-order valence-electron chi connectivity index (χ2n) is 7.06. The molecule has 29 heavy (non-hydrogen) atoms. The zero-order valence-corrected chi connectivity index (χ0v) is 18.6. The van der Waals surface area contributed by atoms with Crippen LogP contribution in [0.2, 0.25) is 0 Å². The minimum absolute atomic E-state index is 0.122. The van der Waals surface area contributed by atoms with E-state index in [1.807, 2.05) is 73.6 Å². The van der Waals surface area contributed by atoms with Gasteiger partial charge in [-0.15, -0.1) is 0 Å². The van der Waals surface area contributed by atoms with Gasteiger partial charge in [0.1, 0.15) is 0 Å². The van der Waals surface area contributed by atoms with Gasteiger partial charge in [0.05, 0.1) is 0 Å². The van der Waals surface area contributed by atoms with Crippen molar-refractivity contribution in [3.05, 3.63) is 71.3 Å². The molecule has 0 aliphatic carbocycles. The fourth-order valence-corrected chi connectivity index (χ4v) is 7.09. The number of ketones is 1. The molecular weight excluding hydrogens is 389 g/mol. The first-order valence-electron chi connectivity index (χ1n) is 9.30. The van der Waals surface area contributed by atoms with Crippen LogP contribution in [0.15, 0.2) is 60.2 Å². The van der Waals surface area contributed by atoms with E-state index in [1.54, 1.807) is 0 Å². The number of Topliss-reactive ketones (excluding diaryl/α,β-unsaturated/α-hetero) is 1. The zero-order valence-electron chi connectivity index (χ0n) is 17.7. The van der Waals surface area contributed by atoms with Gasteiger partial charge in [0.25, 0.3) is 0 Å². The molecule has 0 aromatic heterocycles. The molecule has 1 atom stereocenters. The average molecular weight is 417 g/mol. The van der Waals surface area contributed by atoms with E-state index in [9.17, 15) is 4.79 Å². The van der Waals surface area contributed by atoms with Crippen molar-refractivity contribution in [2.45, 2.75) is 12.6 Å². The van der Waals surface area contributed by atoms with Crippen molar-refractivity contribution in [2.24, 2.45) is 0 Å². The van der Waals surface area contributed by atoms with E-state index in [0.717, 1.165) is 16.8 Å². The fraction of sp³-hybridized carbons (Fsp3) is 0.318. The number of anilines is 1. The molecule has 1 aliphatic rings. The van der Waals surface area contributed by atoms with Crippen LogP contribution in [0.1, 0.15) is 23.7 Å². The summed E-state index contributed by atoms with van der Waals surface area (Å²) in [6.45, 7) is 1.53. The van der Waals surface area contributed by atoms with Gasteiger partial charge in [0, 0.05) is 0 Å². The average Bonchev–Trinajstić information content (AvgIpc) is 3.08. The molecule has 0 N–H and O–H groups in total.